The number of halogens is 1. The van der Waals surface area contributed by atoms with Crippen LogP contribution in [0.2, 0.25) is 0 Å². The first kappa shape index (κ1) is 15.4. The zero-order valence-electron chi connectivity index (χ0n) is 13.4. The molecule has 0 radical (unpaired) electrons. The molecule has 2 heterocycles. The Balaban J connectivity index is 1.84. The van der Waals surface area contributed by atoms with Crippen LogP contribution in [0.1, 0.15) is 31.9 Å². The van der Waals surface area contributed by atoms with E-state index in [0.29, 0.717) is 0 Å². The molecule has 1 aliphatic rings. The van der Waals surface area contributed by atoms with Gasteiger partial charge in [-0.3, -0.25) is 0 Å². The lowest BCUT2D eigenvalue weighted by Crippen LogP contribution is -2.43. The number of rotatable bonds is 1. The number of ether oxygens (including phenoxy) is 1. The number of hydrogen-bond donors (Lipinski definition) is 1. The third kappa shape index (κ3) is 3.00. The summed E-state index contributed by atoms with van der Waals surface area (Å²) >= 11 is 3.63. The molecule has 2 aromatic rings. The molecule has 1 amide bonds. The Labute approximate surface area is 139 Å². The Morgan fingerprint density at radius 3 is 2.82 bits per heavy atom. The van der Waals surface area contributed by atoms with Gasteiger partial charge in [0.25, 0.3) is 0 Å². The van der Waals surface area contributed by atoms with Gasteiger partial charge in [0, 0.05) is 22.6 Å². The van der Waals surface area contributed by atoms with Crippen LogP contribution < -0.4 is 5.32 Å². The molecule has 0 saturated carbocycles. The van der Waals surface area contributed by atoms with E-state index < -0.39 is 5.60 Å². The number of aryl methyl sites for hydroxylation is 1. The molecular formula is C17H21BrN2O2. The van der Waals surface area contributed by atoms with Crippen LogP contribution in [0.3, 0.4) is 0 Å². The number of nitrogens with zero attached hydrogens (tertiary/aromatic N) is 1. The smallest absolute Gasteiger partial charge is 0.407 e. The van der Waals surface area contributed by atoms with Crippen LogP contribution >= 0.6 is 15.9 Å². The molecular weight excluding hydrogens is 344 g/mol. The van der Waals surface area contributed by atoms with Gasteiger partial charge in [-0.1, -0.05) is 11.6 Å². The number of nitrogens with one attached hydrogen (secondary N) is 1. The second kappa shape index (κ2) is 5.30. The summed E-state index contributed by atoms with van der Waals surface area (Å²) in [6.07, 6.45) is 2.57. The quantitative estimate of drug-likeness (QED) is 0.825. The first-order valence-corrected chi connectivity index (χ1v) is 8.29. The predicted octanol–water partition coefficient (Wildman–Crippen LogP) is 4.16. The summed E-state index contributed by atoms with van der Waals surface area (Å²) in [7, 11) is 0. The van der Waals surface area contributed by atoms with Gasteiger partial charge >= 0.3 is 6.09 Å². The first-order valence-electron chi connectivity index (χ1n) is 7.50. The standard InChI is InChI=1S/C17H21BrN2O2/c1-10-5-11-7-12(19-16(21)22-17(2,3)4)8-20-9-14(18)13(6-10)15(11)20/h5-6,9,12H,7-8H2,1-4H3,(H,19,21). The van der Waals surface area contributed by atoms with Crippen molar-refractivity contribution in [2.75, 3.05) is 0 Å². The third-order valence-corrected chi connectivity index (χ3v) is 4.38. The Bertz CT molecular complexity index is 743. The van der Waals surface area contributed by atoms with Crippen molar-refractivity contribution in [2.24, 2.45) is 0 Å². The Morgan fingerprint density at radius 2 is 2.14 bits per heavy atom. The molecule has 0 aliphatic carbocycles. The highest BCUT2D eigenvalue weighted by molar-refractivity contribution is 9.10. The van der Waals surface area contributed by atoms with E-state index in [0.717, 1.165) is 17.4 Å². The van der Waals surface area contributed by atoms with E-state index in [1.54, 1.807) is 0 Å². The number of amides is 1. The lowest BCUT2D eigenvalue weighted by Gasteiger charge is -2.27. The summed E-state index contributed by atoms with van der Waals surface area (Å²) < 4.78 is 8.67. The molecule has 0 bridgehead atoms. The van der Waals surface area contributed by atoms with Gasteiger partial charge < -0.3 is 14.6 Å². The van der Waals surface area contributed by atoms with Crippen molar-refractivity contribution in [1.82, 2.24) is 9.88 Å². The van der Waals surface area contributed by atoms with Gasteiger partial charge in [-0.05, 0) is 61.7 Å². The van der Waals surface area contributed by atoms with Crippen LogP contribution in [0, 0.1) is 6.92 Å². The van der Waals surface area contributed by atoms with Crippen LogP contribution in [0.25, 0.3) is 10.9 Å². The van der Waals surface area contributed by atoms with Crippen molar-refractivity contribution in [3.8, 4) is 0 Å². The number of aromatic nitrogens is 1. The summed E-state index contributed by atoms with van der Waals surface area (Å²) in [4.78, 5) is 12.0. The largest absolute Gasteiger partial charge is 0.444 e. The molecule has 0 spiro atoms. The van der Waals surface area contributed by atoms with Crippen molar-refractivity contribution in [1.29, 1.82) is 0 Å². The second-order valence-corrected chi connectivity index (χ2v) is 7.85. The number of carbonyl (C=O) groups is 1. The van der Waals surface area contributed by atoms with Crippen LogP contribution in [-0.4, -0.2) is 22.3 Å². The molecule has 1 aliphatic heterocycles. The Morgan fingerprint density at radius 1 is 1.41 bits per heavy atom. The highest BCUT2D eigenvalue weighted by Gasteiger charge is 2.25. The molecule has 0 fully saturated rings. The summed E-state index contributed by atoms with van der Waals surface area (Å²) in [5, 5.41) is 4.23. The Hall–Kier alpha value is -1.49. The van der Waals surface area contributed by atoms with Crippen molar-refractivity contribution in [3.63, 3.8) is 0 Å². The summed E-state index contributed by atoms with van der Waals surface area (Å²) in [6, 6.07) is 4.45. The number of alkyl carbamates (subject to hydrolysis) is 1. The van der Waals surface area contributed by atoms with Crippen LogP contribution in [0.15, 0.2) is 22.8 Å². The van der Waals surface area contributed by atoms with E-state index in [-0.39, 0.29) is 12.1 Å². The van der Waals surface area contributed by atoms with E-state index in [4.69, 9.17) is 4.74 Å². The van der Waals surface area contributed by atoms with Gasteiger partial charge in [0.05, 0.1) is 11.6 Å². The lowest BCUT2D eigenvalue weighted by atomic mass is 9.98. The maximum atomic E-state index is 12.0. The molecule has 1 aromatic carbocycles. The molecule has 5 heteroatoms. The van der Waals surface area contributed by atoms with E-state index in [1.807, 2.05) is 20.8 Å². The normalized spacial score (nSPS) is 17.6. The van der Waals surface area contributed by atoms with Gasteiger partial charge in [-0.2, -0.15) is 0 Å². The highest BCUT2D eigenvalue weighted by Crippen LogP contribution is 2.33. The first-order chi connectivity index (χ1) is 10.2. The highest BCUT2D eigenvalue weighted by atomic mass is 79.9. The SMILES string of the molecule is Cc1cc2c3c(c1)c(Br)cn3CC(NC(=O)OC(C)(C)C)C2. The van der Waals surface area contributed by atoms with Crippen molar-refractivity contribution >= 4 is 32.9 Å². The molecule has 0 saturated heterocycles. The fourth-order valence-corrected chi connectivity index (χ4v) is 3.63. The van der Waals surface area contributed by atoms with Gasteiger partial charge in [-0.25, -0.2) is 4.79 Å². The van der Waals surface area contributed by atoms with Gasteiger partial charge in [0.1, 0.15) is 5.60 Å². The second-order valence-electron chi connectivity index (χ2n) is 7.00. The zero-order valence-corrected chi connectivity index (χ0v) is 15.0. The van der Waals surface area contributed by atoms with Gasteiger partial charge in [-0.15, -0.1) is 0 Å². The summed E-state index contributed by atoms with van der Waals surface area (Å²) in [6.45, 7) is 8.48. The monoisotopic (exact) mass is 364 g/mol. The average molecular weight is 365 g/mol. The fraction of sp³-hybridized carbons (Fsp3) is 0.471. The minimum Gasteiger partial charge on any atom is -0.444 e. The number of benzene rings is 1. The van der Waals surface area contributed by atoms with Crippen LogP contribution in [-0.2, 0) is 17.7 Å². The number of hydrogen-bond acceptors (Lipinski definition) is 2. The molecule has 3 rings (SSSR count). The fourth-order valence-electron chi connectivity index (χ4n) is 3.08. The Kier molecular flexibility index (Phi) is 3.71. The molecule has 1 unspecified atom stereocenters. The minimum atomic E-state index is -0.475. The van der Waals surface area contributed by atoms with Crippen LogP contribution in [0.4, 0.5) is 4.79 Å². The van der Waals surface area contributed by atoms with E-state index >= 15 is 0 Å². The average Bonchev–Trinajstić information content (AvgIpc) is 2.63. The van der Waals surface area contributed by atoms with Crippen molar-refractivity contribution in [2.45, 2.75) is 52.3 Å². The predicted molar refractivity (Wildman–Crippen MR) is 91.2 cm³/mol. The zero-order chi connectivity index (χ0) is 16.1. The maximum absolute atomic E-state index is 12.0. The topological polar surface area (TPSA) is 43.3 Å². The van der Waals surface area contributed by atoms with Gasteiger partial charge in [0.15, 0.2) is 0 Å². The third-order valence-electron chi connectivity index (χ3n) is 3.75. The van der Waals surface area contributed by atoms with E-state index in [9.17, 15) is 4.79 Å². The molecule has 1 aromatic heterocycles. The van der Waals surface area contributed by atoms with Crippen molar-refractivity contribution in [3.05, 3.63) is 33.9 Å². The maximum Gasteiger partial charge on any atom is 0.407 e. The molecule has 22 heavy (non-hydrogen) atoms. The molecule has 118 valence electrons. The summed E-state index contributed by atoms with van der Waals surface area (Å²) in [5.74, 6) is 0. The van der Waals surface area contributed by atoms with Gasteiger partial charge in [0.2, 0.25) is 0 Å². The van der Waals surface area contributed by atoms with E-state index in [2.05, 4.69) is 51.1 Å². The number of carbonyl (C=O) groups excluding carboxylic acids is 1. The molecule has 1 atom stereocenters. The minimum absolute atomic E-state index is 0.0478. The lowest BCUT2D eigenvalue weighted by molar-refractivity contribution is 0.0498. The summed E-state index contributed by atoms with van der Waals surface area (Å²) in [5.41, 5.74) is 3.29. The van der Waals surface area contributed by atoms with E-state index in [1.165, 1.54) is 22.0 Å². The van der Waals surface area contributed by atoms with Crippen LogP contribution in [0.5, 0.6) is 0 Å². The molecule has 1 N–H and O–H groups in total. The molecule has 4 nitrogen and oxygen atoms in total. The van der Waals surface area contributed by atoms with Crippen molar-refractivity contribution < 1.29 is 9.53 Å².